The van der Waals surface area contributed by atoms with Gasteiger partial charge in [0.15, 0.2) is 0 Å². The van der Waals surface area contributed by atoms with Crippen LogP contribution in [0.25, 0.3) is 0 Å². The van der Waals surface area contributed by atoms with E-state index in [1.54, 1.807) is 0 Å². The maximum absolute atomic E-state index is 5.67. The van der Waals surface area contributed by atoms with Gasteiger partial charge in [-0.05, 0) is 63.6 Å². The zero-order chi connectivity index (χ0) is 24.8. The molecular weight excluding hydrogens is 479 g/mol. The summed E-state index contributed by atoms with van der Waals surface area (Å²) in [5, 5.41) is 3.98. The molecule has 0 aliphatic carbocycles. The first-order valence-electron chi connectivity index (χ1n) is 12.2. The normalized spacial score (nSPS) is 12.1. The highest BCUT2D eigenvalue weighted by Gasteiger charge is 2.50. The molecule has 188 valence electrons. The van der Waals surface area contributed by atoms with Crippen molar-refractivity contribution in [2.75, 3.05) is 26.0 Å². The van der Waals surface area contributed by atoms with Crippen molar-refractivity contribution in [2.24, 2.45) is 0 Å². The molecule has 0 radical (unpaired) electrons. The zero-order valence-electron chi connectivity index (χ0n) is 20.8. The summed E-state index contributed by atoms with van der Waals surface area (Å²) in [5.41, 5.74) is 0. The summed E-state index contributed by atoms with van der Waals surface area (Å²) >= 11 is 0. The number of hydrogen-bond acceptors (Lipinski definition) is 6. The van der Waals surface area contributed by atoms with E-state index >= 15 is 0 Å². The third-order valence-electron chi connectivity index (χ3n) is 5.48. The van der Waals surface area contributed by atoms with Crippen molar-refractivity contribution in [2.45, 2.75) is 33.2 Å². The molecule has 0 fully saturated rings. The van der Waals surface area contributed by atoms with Crippen LogP contribution in [0.5, 0.6) is 0 Å². The molecule has 35 heavy (non-hydrogen) atoms. The van der Waals surface area contributed by atoms with Crippen molar-refractivity contribution in [3.63, 3.8) is 0 Å². The average Bonchev–Trinajstić information content (AvgIpc) is 2.93. The summed E-state index contributed by atoms with van der Waals surface area (Å²) < 4.78 is 17.0. The fraction of sp³-hybridized carbons (Fsp3) is 0.333. The second kappa shape index (κ2) is 14.6. The van der Waals surface area contributed by atoms with Gasteiger partial charge >= 0.3 is 8.80 Å². The van der Waals surface area contributed by atoms with Crippen molar-refractivity contribution < 1.29 is 28.4 Å². The molecule has 0 amide bonds. The van der Waals surface area contributed by atoms with E-state index in [2.05, 4.69) is 91.0 Å². The molecule has 0 saturated carbocycles. The van der Waals surface area contributed by atoms with Gasteiger partial charge in [0, 0.05) is 6.04 Å². The van der Waals surface area contributed by atoms with E-state index in [0.717, 1.165) is 12.6 Å². The molecule has 0 heterocycles. The number of rotatable bonds is 16. The lowest BCUT2D eigenvalue weighted by molar-refractivity contribution is -0.360. The van der Waals surface area contributed by atoms with Gasteiger partial charge in [0.25, 0.3) is 0 Å². The van der Waals surface area contributed by atoms with Crippen molar-refractivity contribution in [1.29, 1.82) is 0 Å². The highest BCUT2D eigenvalue weighted by Crippen LogP contribution is 2.56. The Kier molecular flexibility index (Phi) is 11.5. The van der Waals surface area contributed by atoms with Crippen molar-refractivity contribution >= 4 is 32.0 Å². The van der Waals surface area contributed by atoms with E-state index in [4.69, 9.17) is 28.4 Å². The van der Waals surface area contributed by atoms with Gasteiger partial charge < -0.3 is 0 Å². The molecule has 3 aromatic carbocycles. The fourth-order valence-electron chi connectivity index (χ4n) is 4.03. The van der Waals surface area contributed by atoms with Crippen LogP contribution in [0.4, 0.5) is 0 Å². The topological polar surface area (TPSA) is 55.4 Å². The molecular formula is C27H36O6PSi+. The van der Waals surface area contributed by atoms with Gasteiger partial charge in [0.05, 0.1) is 26.0 Å². The summed E-state index contributed by atoms with van der Waals surface area (Å²) in [7, 11) is -5.39. The molecule has 0 bridgehead atoms. The van der Waals surface area contributed by atoms with E-state index in [-0.39, 0.29) is 0 Å². The average molecular weight is 516 g/mol. The van der Waals surface area contributed by atoms with Crippen LogP contribution in [-0.4, -0.2) is 34.8 Å². The van der Waals surface area contributed by atoms with Crippen LogP contribution in [-0.2, 0) is 28.4 Å². The summed E-state index contributed by atoms with van der Waals surface area (Å²) in [5.74, 6) is 0. The maximum atomic E-state index is 5.67. The van der Waals surface area contributed by atoms with E-state index in [1.807, 2.05) is 20.8 Å². The minimum atomic E-state index is -3.41. The minimum absolute atomic E-state index is 0.356. The van der Waals surface area contributed by atoms with Gasteiger partial charge in [-0.2, -0.15) is 0 Å². The smallest absolute Gasteiger partial charge is 0.243 e. The first kappa shape index (κ1) is 27.7. The lowest BCUT2D eigenvalue weighted by Gasteiger charge is -2.29. The van der Waals surface area contributed by atoms with Crippen LogP contribution < -0.4 is 15.9 Å². The Labute approximate surface area is 210 Å². The summed E-state index contributed by atoms with van der Waals surface area (Å²) in [4.78, 5) is 15.9. The van der Waals surface area contributed by atoms with E-state index in [9.17, 15) is 0 Å². The molecule has 8 heteroatoms. The number of benzene rings is 3. The first-order chi connectivity index (χ1) is 17.2. The van der Waals surface area contributed by atoms with E-state index in [0.29, 0.717) is 25.9 Å². The maximum Gasteiger partial charge on any atom is 0.584 e. The molecule has 0 aliphatic heterocycles. The van der Waals surface area contributed by atoms with Crippen LogP contribution in [0, 0.1) is 0 Å². The summed E-state index contributed by atoms with van der Waals surface area (Å²) in [6, 6.07) is 32.8. The van der Waals surface area contributed by atoms with E-state index < -0.39 is 16.1 Å². The zero-order valence-corrected chi connectivity index (χ0v) is 22.7. The molecule has 3 aromatic rings. The Morgan fingerprint density at radius 1 is 0.543 bits per heavy atom. The van der Waals surface area contributed by atoms with Gasteiger partial charge in [0.1, 0.15) is 23.2 Å². The minimum Gasteiger partial charge on any atom is -0.243 e. The van der Waals surface area contributed by atoms with Gasteiger partial charge in [-0.3, -0.25) is 0 Å². The third kappa shape index (κ3) is 7.29. The predicted molar refractivity (Wildman–Crippen MR) is 143 cm³/mol. The summed E-state index contributed by atoms with van der Waals surface area (Å²) in [6.45, 7) is 6.60. The molecule has 0 aromatic heterocycles. The Morgan fingerprint density at radius 2 is 0.886 bits per heavy atom. The molecule has 0 atom stereocenters. The lowest BCUT2D eigenvalue weighted by Crippen LogP contribution is -2.46. The predicted octanol–water partition coefficient (Wildman–Crippen LogP) is 5.21. The standard InChI is InChI=1S/C27H36O6PSi/c1-4-28-31-35(32-29-5-2,33-30-6-3)24-16-23-34(25-17-10-7-11-18-25,26-19-12-8-13-20-26)27-21-14-9-15-22-27/h7-15,17-22H,4-6,16,23-24H2,1-3H3/q+1. The summed E-state index contributed by atoms with van der Waals surface area (Å²) in [6.07, 6.45) is 1.64. The Bertz CT molecular complexity index is 843. The molecule has 0 saturated heterocycles. The fourth-order valence-corrected chi connectivity index (χ4v) is 10.5. The monoisotopic (exact) mass is 515 g/mol. The largest absolute Gasteiger partial charge is 0.584 e. The second-order valence-corrected chi connectivity index (χ2v) is 13.8. The van der Waals surface area contributed by atoms with Crippen LogP contribution in [0.2, 0.25) is 6.04 Å². The van der Waals surface area contributed by atoms with Crippen molar-refractivity contribution in [3.05, 3.63) is 91.0 Å². The molecule has 0 unspecified atom stereocenters. The lowest BCUT2D eigenvalue weighted by atomic mass is 10.4. The van der Waals surface area contributed by atoms with Crippen LogP contribution in [0.3, 0.4) is 0 Å². The van der Waals surface area contributed by atoms with Gasteiger partial charge in [-0.25, -0.2) is 28.4 Å². The molecule has 3 rings (SSSR count). The first-order valence-corrected chi connectivity index (χ1v) is 16.1. The van der Waals surface area contributed by atoms with Gasteiger partial charge in [0.2, 0.25) is 0 Å². The third-order valence-corrected chi connectivity index (χ3v) is 12.1. The van der Waals surface area contributed by atoms with E-state index in [1.165, 1.54) is 15.9 Å². The van der Waals surface area contributed by atoms with Gasteiger partial charge in [-0.1, -0.05) is 54.6 Å². The quantitative estimate of drug-likeness (QED) is 0.113. The number of hydrogen-bond donors (Lipinski definition) is 0. The Hall–Kier alpha value is -1.93. The Morgan fingerprint density at radius 3 is 1.20 bits per heavy atom. The molecule has 6 nitrogen and oxygen atoms in total. The Balaban J connectivity index is 2.00. The second-order valence-electron chi connectivity index (χ2n) is 7.80. The SMILES string of the molecule is CCOO[Si](CCC[P+](c1ccccc1)(c1ccccc1)c1ccccc1)(OOCC)OOCC. The van der Waals surface area contributed by atoms with Gasteiger partial charge in [-0.15, -0.1) is 0 Å². The van der Waals surface area contributed by atoms with Crippen LogP contribution >= 0.6 is 7.26 Å². The molecule has 0 aliphatic rings. The molecule has 0 spiro atoms. The highest BCUT2D eigenvalue weighted by atomic mass is 31.2. The highest BCUT2D eigenvalue weighted by molar-refractivity contribution is 7.95. The van der Waals surface area contributed by atoms with Crippen molar-refractivity contribution in [3.8, 4) is 0 Å². The molecule has 0 N–H and O–H groups in total. The van der Waals surface area contributed by atoms with Crippen molar-refractivity contribution in [1.82, 2.24) is 0 Å². The van der Waals surface area contributed by atoms with Crippen LogP contribution in [0.15, 0.2) is 91.0 Å². The van der Waals surface area contributed by atoms with Crippen LogP contribution in [0.1, 0.15) is 27.2 Å².